The summed E-state index contributed by atoms with van der Waals surface area (Å²) in [5.74, 6) is 0.892. The predicted octanol–water partition coefficient (Wildman–Crippen LogP) is 2.48. The zero-order chi connectivity index (χ0) is 12.3. The Bertz CT molecular complexity index is 494. The van der Waals surface area contributed by atoms with Crippen LogP contribution in [0.5, 0.6) is 5.75 Å². The smallest absolute Gasteiger partial charge is 0.199 e. The third-order valence-electron chi connectivity index (χ3n) is 2.91. The number of benzene rings is 1. The third-order valence-corrected chi connectivity index (χ3v) is 2.91. The Morgan fingerprint density at radius 1 is 1.12 bits per heavy atom. The zero-order valence-corrected chi connectivity index (χ0v) is 9.96. The summed E-state index contributed by atoms with van der Waals surface area (Å²) in [4.78, 5) is 0. The molecule has 0 aliphatic rings. The number of methoxy groups -OCH3 is 1. The molecule has 0 saturated carbocycles. The Morgan fingerprint density at radius 3 is 2.41 bits per heavy atom. The zero-order valence-electron chi connectivity index (χ0n) is 9.96. The summed E-state index contributed by atoms with van der Waals surface area (Å²) in [6, 6.07) is 13.2. The average Bonchev–Trinajstić information content (AvgIpc) is 2.39. The van der Waals surface area contributed by atoms with E-state index in [1.807, 2.05) is 43.3 Å². The first-order valence-electron chi connectivity index (χ1n) is 5.54. The highest BCUT2D eigenvalue weighted by Gasteiger charge is 2.15. The molecule has 1 heterocycles. The van der Waals surface area contributed by atoms with Crippen LogP contribution in [0.1, 0.15) is 24.1 Å². The van der Waals surface area contributed by atoms with Gasteiger partial charge in [-0.3, -0.25) is 0 Å². The van der Waals surface area contributed by atoms with Gasteiger partial charge in [-0.15, -0.1) is 0 Å². The van der Waals surface area contributed by atoms with Crippen molar-refractivity contribution in [2.24, 2.45) is 0 Å². The van der Waals surface area contributed by atoms with Crippen LogP contribution < -0.4 is 9.47 Å². The molecular weight excluding hydrogens is 214 g/mol. The van der Waals surface area contributed by atoms with Crippen molar-refractivity contribution in [3.8, 4) is 5.75 Å². The minimum atomic E-state index is 0.0691. The van der Waals surface area contributed by atoms with E-state index in [1.165, 1.54) is 6.20 Å². The van der Waals surface area contributed by atoms with Crippen LogP contribution in [-0.4, -0.2) is 7.11 Å². The monoisotopic (exact) mass is 229 g/mol. The molecule has 0 saturated heterocycles. The quantitative estimate of drug-likeness (QED) is 0.599. The highest BCUT2D eigenvalue weighted by atomic mass is 16.5. The highest BCUT2D eigenvalue weighted by molar-refractivity contribution is 5.32. The first kappa shape index (κ1) is 11.5. The fraction of sp³-hybridized carbons (Fsp3) is 0.214. The molecule has 17 heavy (non-hydrogen) atoms. The van der Waals surface area contributed by atoms with Crippen LogP contribution >= 0.6 is 0 Å². The minimum Gasteiger partial charge on any atom is -0.618 e. The Labute approximate surface area is 101 Å². The Kier molecular flexibility index (Phi) is 3.28. The molecule has 0 spiro atoms. The largest absolute Gasteiger partial charge is 0.618 e. The van der Waals surface area contributed by atoms with Gasteiger partial charge in [-0.25, -0.2) is 0 Å². The first-order valence-corrected chi connectivity index (χ1v) is 5.54. The summed E-state index contributed by atoms with van der Waals surface area (Å²) < 4.78 is 6.02. The summed E-state index contributed by atoms with van der Waals surface area (Å²) in [6.07, 6.45) is 1.52. The van der Waals surface area contributed by atoms with E-state index in [-0.39, 0.29) is 5.92 Å². The molecular formula is C14H15NO2. The van der Waals surface area contributed by atoms with Crippen molar-refractivity contribution in [1.29, 1.82) is 0 Å². The molecule has 1 unspecified atom stereocenters. The fourth-order valence-corrected chi connectivity index (χ4v) is 1.84. The molecule has 0 amide bonds. The van der Waals surface area contributed by atoms with Crippen LogP contribution in [0, 0.1) is 5.21 Å². The number of hydrogen-bond acceptors (Lipinski definition) is 2. The molecule has 1 atom stereocenters. The molecule has 1 aromatic heterocycles. The van der Waals surface area contributed by atoms with Gasteiger partial charge in [-0.1, -0.05) is 12.1 Å². The van der Waals surface area contributed by atoms with Crippen molar-refractivity contribution in [3.63, 3.8) is 0 Å². The van der Waals surface area contributed by atoms with Crippen molar-refractivity contribution in [1.82, 2.24) is 0 Å². The van der Waals surface area contributed by atoms with E-state index in [4.69, 9.17) is 4.74 Å². The summed E-state index contributed by atoms with van der Waals surface area (Å²) in [6.45, 7) is 2.02. The van der Waals surface area contributed by atoms with Crippen molar-refractivity contribution in [2.45, 2.75) is 12.8 Å². The number of nitrogens with zero attached hydrogens (tertiary/aromatic N) is 1. The molecule has 0 aliphatic heterocycles. The Hall–Kier alpha value is -2.03. The van der Waals surface area contributed by atoms with E-state index in [1.54, 1.807) is 13.2 Å². The van der Waals surface area contributed by atoms with E-state index < -0.39 is 0 Å². The molecule has 0 radical (unpaired) electrons. The molecule has 1 aromatic carbocycles. The van der Waals surface area contributed by atoms with Crippen molar-refractivity contribution >= 4 is 0 Å². The molecule has 3 heteroatoms. The van der Waals surface area contributed by atoms with Gasteiger partial charge in [-0.2, -0.15) is 4.73 Å². The maximum atomic E-state index is 11.6. The lowest BCUT2D eigenvalue weighted by atomic mass is 9.97. The Morgan fingerprint density at radius 2 is 1.82 bits per heavy atom. The van der Waals surface area contributed by atoms with Gasteiger partial charge in [-0.05, 0) is 30.7 Å². The second kappa shape index (κ2) is 4.87. The molecule has 2 aromatic rings. The van der Waals surface area contributed by atoms with E-state index in [2.05, 4.69) is 0 Å². The van der Waals surface area contributed by atoms with E-state index in [0.29, 0.717) is 0 Å². The molecule has 0 N–H and O–H groups in total. The van der Waals surface area contributed by atoms with Crippen LogP contribution in [-0.2, 0) is 0 Å². The van der Waals surface area contributed by atoms with Crippen LogP contribution in [0.25, 0.3) is 0 Å². The lowest BCUT2D eigenvalue weighted by molar-refractivity contribution is -0.614. The lowest BCUT2D eigenvalue weighted by Crippen LogP contribution is -2.32. The SMILES string of the molecule is COc1ccc(C(C)c2cccc[n+]2[O-])cc1. The standard InChI is InChI=1S/C14H15NO2/c1-11(14-5-3-4-10-15(14)16)12-6-8-13(17-2)9-7-12/h3-11H,1-2H3. The van der Waals surface area contributed by atoms with Gasteiger partial charge in [0.15, 0.2) is 11.9 Å². The molecule has 0 aliphatic carbocycles. The lowest BCUT2D eigenvalue weighted by Gasteiger charge is -2.12. The van der Waals surface area contributed by atoms with Crippen molar-refractivity contribution in [3.05, 3.63) is 65.1 Å². The van der Waals surface area contributed by atoms with Crippen LogP contribution in [0.2, 0.25) is 0 Å². The summed E-state index contributed by atoms with van der Waals surface area (Å²) >= 11 is 0. The number of ether oxygens (including phenoxy) is 1. The van der Waals surface area contributed by atoms with Crippen molar-refractivity contribution in [2.75, 3.05) is 7.11 Å². The van der Waals surface area contributed by atoms with Gasteiger partial charge in [0.1, 0.15) is 5.75 Å². The molecule has 0 fully saturated rings. The summed E-state index contributed by atoms with van der Waals surface area (Å²) in [7, 11) is 1.64. The average molecular weight is 229 g/mol. The van der Waals surface area contributed by atoms with E-state index in [0.717, 1.165) is 21.7 Å². The second-order valence-corrected chi connectivity index (χ2v) is 3.95. The number of pyridine rings is 1. The maximum Gasteiger partial charge on any atom is 0.199 e. The van der Waals surface area contributed by atoms with Crippen LogP contribution in [0.4, 0.5) is 0 Å². The van der Waals surface area contributed by atoms with Crippen LogP contribution in [0.3, 0.4) is 0 Å². The minimum absolute atomic E-state index is 0.0691. The van der Waals surface area contributed by atoms with E-state index in [9.17, 15) is 5.21 Å². The predicted molar refractivity (Wildman–Crippen MR) is 65.9 cm³/mol. The first-order chi connectivity index (χ1) is 8.22. The van der Waals surface area contributed by atoms with Crippen LogP contribution in [0.15, 0.2) is 48.7 Å². The number of rotatable bonds is 3. The molecule has 2 rings (SSSR count). The van der Waals surface area contributed by atoms with Gasteiger partial charge in [0.2, 0.25) is 0 Å². The summed E-state index contributed by atoms with van der Waals surface area (Å²) in [5.41, 5.74) is 1.85. The van der Waals surface area contributed by atoms with Gasteiger partial charge in [0, 0.05) is 12.1 Å². The second-order valence-electron chi connectivity index (χ2n) is 3.95. The fourth-order valence-electron chi connectivity index (χ4n) is 1.84. The third kappa shape index (κ3) is 2.38. The molecule has 88 valence electrons. The van der Waals surface area contributed by atoms with Crippen molar-refractivity contribution < 1.29 is 9.47 Å². The van der Waals surface area contributed by atoms with Gasteiger partial charge >= 0.3 is 0 Å². The van der Waals surface area contributed by atoms with Gasteiger partial charge < -0.3 is 9.94 Å². The van der Waals surface area contributed by atoms with Gasteiger partial charge in [0.25, 0.3) is 0 Å². The Balaban J connectivity index is 2.30. The molecule has 3 nitrogen and oxygen atoms in total. The highest BCUT2D eigenvalue weighted by Crippen LogP contribution is 2.23. The molecule has 0 bridgehead atoms. The van der Waals surface area contributed by atoms with Gasteiger partial charge in [0.05, 0.1) is 13.0 Å². The topological polar surface area (TPSA) is 36.2 Å². The number of aromatic nitrogens is 1. The normalized spacial score (nSPS) is 12.1. The number of hydrogen-bond donors (Lipinski definition) is 0. The van der Waals surface area contributed by atoms with E-state index >= 15 is 0 Å². The maximum absolute atomic E-state index is 11.6. The summed E-state index contributed by atoms with van der Waals surface area (Å²) in [5, 5.41) is 11.6.